The van der Waals surface area contributed by atoms with Gasteiger partial charge in [0.25, 0.3) is 0 Å². The fraction of sp³-hybridized carbons (Fsp3) is 0.400. The van der Waals surface area contributed by atoms with Gasteiger partial charge in [-0.2, -0.15) is 4.98 Å². The van der Waals surface area contributed by atoms with E-state index in [4.69, 9.17) is 0 Å². The van der Waals surface area contributed by atoms with Crippen molar-refractivity contribution in [2.45, 2.75) is 33.6 Å². The van der Waals surface area contributed by atoms with Crippen molar-refractivity contribution in [3.05, 3.63) is 44.5 Å². The number of nitrogens with one attached hydrogen (secondary N) is 1. The van der Waals surface area contributed by atoms with Gasteiger partial charge in [0.2, 0.25) is 5.95 Å². The molecule has 1 heterocycles. The molecular formula is C15H19BrN4O. The van der Waals surface area contributed by atoms with Gasteiger partial charge in [0.05, 0.1) is 5.69 Å². The van der Waals surface area contributed by atoms with Gasteiger partial charge in [-0.1, -0.05) is 29.8 Å². The Labute approximate surface area is 132 Å². The highest BCUT2D eigenvalue weighted by Gasteiger charge is 2.13. The number of halogens is 1. The van der Waals surface area contributed by atoms with E-state index in [0.29, 0.717) is 12.5 Å². The van der Waals surface area contributed by atoms with E-state index in [-0.39, 0.29) is 5.69 Å². The van der Waals surface area contributed by atoms with Gasteiger partial charge in [-0.05, 0) is 43.0 Å². The molecule has 21 heavy (non-hydrogen) atoms. The largest absolute Gasteiger partial charge is 0.356 e. The Balaban J connectivity index is 2.63. The highest BCUT2D eigenvalue weighted by atomic mass is 79.9. The van der Waals surface area contributed by atoms with Crippen LogP contribution in [0.15, 0.2) is 27.7 Å². The van der Waals surface area contributed by atoms with Crippen molar-refractivity contribution in [2.24, 2.45) is 0 Å². The minimum Gasteiger partial charge on any atom is -0.354 e. The van der Waals surface area contributed by atoms with Crippen molar-refractivity contribution in [1.82, 2.24) is 14.5 Å². The van der Waals surface area contributed by atoms with Gasteiger partial charge in [-0.3, -0.25) is 4.57 Å². The minimum absolute atomic E-state index is 0.312. The van der Waals surface area contributed by atoms with Crippen LogP contribution in [-0.4, -0.2) is 21.1 Å². The van der Waals surface area contributed by atoms with E-state index in [1.54, 1.807) is 6.33 Å². The molecule has 0 atom stereocenters. The Morgan fingerprint density at radius 2 is 1.81 bits per heavy atom. The summed E-state index contributed by atoms with van der Waals surface area (Å²) in [5.74, 6) is 0.368. The zero-order chi connectivity index (χ0) is 15.4. The Hall–Kier alpha value is -1.69. The van der Waals surface area contributed by atoms with E-state index in [2.05, 4.69) is 45.1 Å². The lowest BCUT2D eigenvalue weighted by atomic mass is 10.0. The molecule has 0 spiro atoms. The number of hydrogen-bond donors (Lipinski definition) is 1. The monoisotopic (exact) mass is 350 g/mol. The molecule has 5 nitrogen and oxygen atoms in total. The topological polar surface area (TPSA) is 59.8 Å². The van der Waals surface area contributed by atoms with Crippen LogP contribution in [0.5, 0.6) is 0 Å². The summed E-state index contributed by atoms with van der Waals surface area (Å²) >= 11 is 3.52. The minimum atomic E-state index is -0.312. The lowest BCUT2D eigenvalue weighted by Gasteiger charge is -2.15. The van der Waals surface area contributed by atoms with Crippen LogP contribution < -0.4 is 11.0 Å². The molecule has 0 aliphatic rings. The summed E-state index contributed by atoms with van der Waals surface area (Å²) in [4.78, 5) is 20.5. The summed E-state index contributed by atoms with van der Waals surface area (Å²) < 4.78 is 2.56. The van der Waals surface area contributed by atoms with E-state index in [1.165, 1.54) is 4.57 Å². The molecule has 0 fully saturated rings. The highest BCUT2D eigenvalue weighted by molar-refractivity contribution is 9.10. The van der Waals surface area contributed by atoms with Crippen molar-refractivity contribution in [3.8, 4) is 5.69 Å². The van der Waals surface area contributed by atoms with Crippen LogP contribution in [0, 0.1) is 0 Å². The van der Waals surface area contributed by atoms with Gasteiger partial charge in [-0.15, -0.1) is 0 Å². The average molecular weight is 351 g/mol. The van der Waals surface area contributed by atoms with E-state index >= 15 is 0 Å². The van der Waals surface area contributed by atoms with Gasteiger partial charge < -0.3 is 5.32 Å². The first-order valence-corrected chi connectivity index (χ1v) is 7.91. The number of rotatable bonds is 5. The van der Waals surface area contributed by atoms with Crippen molar-refractivity contribution < 1.29 is 0 Å². The molecule has 0 unspecified atom stereocenters. The predicted octanol–water partition coefficient (Wildman–Crippen LogP) is 2.95. The van der Waals surface area contributed by atoms with Crippen LogP contribution in [0.4, 0.5) is 5.95 Å². The number of aryl methyl sites for hydroxylation is 2. The zero-order valence-corrected chi connectivity index (χ0v) is 14.1. The highest BCUT2D eigenvalue weighted by Crippen LogP contribution is 2.25. The molecule has 0 radical (unpaired) electrons. The number of aromatic nitrogens is 3. The van der Waals surface area contributed by atoms with Crippen LogP contribution >= 0.6 is 15.9 Å². The molecule has 0 aliphatic heterocycles. The van der Waals surface area contributed by atoms with E-state index < -0.39 is 0 Å². The lowest BCUT2D eigenvalue weighted by molar-refractivity contribution is 0.833. The Bertz CT molecular complexity index is 671. The zero-order valence-electron chi connectivity index (χ0n) is 12.5. The second-order valence-corrected chi connectivity index (χ2v) is 5.56. The average Bonchev–Trinajstić information content (AvgIpc) is 2.47. The maximum Gasteiger partial charge on any atom is 0.356 e. The second kappa shape index (κ2) is 6.85. The van der Waals surface area contributed by atoms with Crippen molar-refractivity contribution in [2.75, 3.05) is 11.9 Å². The predicted molar refractivity (Wildman–Crippen MR) is 88.2 cm³/mol. The van der Waals surface area contributed by atoms with E-state index in [9.17, 15) is 4.79 Å². The third-order valence-electron chi connectivity index (χ3n) is 3.27. The van der Waals surface area contributed by atoms with Crippen LogP contribution in [0.1, 0.15) is 31.9 Å². The molecule has 1 N–H and O–H groups in total. The second-order valence-electron chi connectivity index (χ2n) is 4.64. The standard InChI is InChI=1S/C15H19BrN4O/c1-4-10-7-12(16)8-11(5-2)13(10)20-9-18-14(17-6-3)19-15(20)21/h7-9H,4-6H2,1-3H3,(H,17,19,21). The molecule has 2 aromatic rings. The SMILES string of the molecule is CCNc1ncn(-c2c(CC)cc(Br)cc2CC)c(=O)n1. The molecule has 0 bridgehead atoms. The number of benzene rings is 1. The molecule has 0 amide bonds. The molecule has 0 saturated carbocycles. The maximum absolute atomic E-state index is 12.3. The molecule has 112 valence electrons. The molecular weight excluding hydrogens is 332 g/mol. The molecule has 6 heteroatoms. The summed E-state index contributed by atoms with van der Waals surface area (Å²) in [6.07, 6.45) is 3.22. The van der Waals surface area contributed by atoms with Crippen molar-refractivity contribution in [1.29, 1.82) is 0 Å². The fourth-order valence-corrected chi connectivity index (χ4v) is 2.85. The number of anilines is 1. The maximum atomic E-state index is 12.3. The Kier molecular flexibility index (Phi) is 5.12. The van der Waals surface area contributed by atoms with Gasteiger partial charge in [0.15, 0.2) is 0 Å². The fourth-order valence-electron chi connectivity index (χ4n) is 2.30. The van der Waals surface area contributed by atoms with E-state index in [1.807, 2.05) is 19.1 Å². The van der Waals surface area contributed by atoms with Crippen LogP contribution in [0.2, 0.25) is 0 Å². The van der Waals surface area contributed by atoms with Crippen molar-refractivity contribution >= 4 is 21.9 Å². The summed E-state index contributed by atoms with van der Waals surface area (Å²) in [6, 6.07) is 4.08. The van der Waals surface area contributed by atoms with Crippen LogP contribution in [0.25, 0.3) is 5.69 Å². The van der Waals surface area contributed by atoms with Crippen LogP contribution in [0.3, 0.4) is 0 Å². The van der Waals surface area contributed by atoms with Gasteiger partial charge >= 0.3 is 5.69 Å². The number of hydrogen-bond acceptors (Lipinski definition) is 4. The molecule has 2 rings (SSSR count). The summed E-state index contributed by atoms with van der Waals surface area (Å²) in [5.41, 5.74) is 2.79. The first-order chi connectivity index (χ1) is 10.1. The summed E-state index contributed by atoms with van der Waals surface area (Å²) in [7, 11) is 0. The Morgan fingerprint density at radius 1 is 1.19 bits per heavy atom. The van der Waals surface area contributed by atoms with Gasteiger partial charge in [0, 0.05) is 11.0 Å². The quantitative estimate of drug-likeness (QED) is 0.900. The van der Waals surface area contributed by atoms with Gasteiger partial charge in [0.1, 0.15) is 6.33 Å². The molecule has 0 saturated heterocycles. The van der Waals surface area contributed by atoms with E-state index in [0.717, 1.165) is 34.1 Å². The molecule has 1 aromatic carbocycles. The lowest BCUT2D eigenvalue weighted by Crippen LogP contribution is -2.25. The van der Waals surface area contributed by atoms with Crippen molar-refractivity contribution in [3.63, 3.8) is 0 Å². The third-order valence-corrected chi connectivity index (χ3v) is 3.73. The van der Waals surface area contributed by atoms with Crippen LogP contribution in [-0.2, 0) is 12.8 Å². The summed E-state index contributed by atoms with van der Waals surface area (Å²) in [6.45, 7) is 6.77. The summed E-state index contributed by atoms with van der Waals surface area (Å²) in [5, 5.41) is 2.95. The first kappa shape index (κ1) is 15.7. The smallest absolute Gasteiger partial charge is 0.354 e. The normalized spacial score (nSPS) is 10.7. The molecule has 1 aromatic heterocycles. The Morgan fingerprint density at radius 3 is 2.29 bits per heavy atom. The first-order valence-electron chi connectivity index (χ1n) is 7.11. The third kappa shape index (κ3) is 3.32. The molecule has 0 aliphatic carbocycles. The van der Waals surface area contributed by atoms with Gasteiger partial charge in [-0.25, -0.2) is 9.78 Å². The number of nitrogens with zero attached hydrogens (tertiary/aromatic N) is 3.